The van der Waals surface area contributed by atoms with Crippen LogP contribution in [-0.4, -0.2) is 62.5 Å². The molecule has 0 spiro atoms. The molecule has 0 saturated carbocycles. The molecule has 1 saturated heterocycles. The monoisotopic (exact) mass is 300 g/mol. The van der Waals surface area contributed by atoms with Gasteiger partial charge in [-0.1, -0.05) is 0 Å². The zero-order valence-electron chi connectivity index (χ0n) is 12.0. The molecule has 1 fully saturated rings. The van der Waals surface area contributed by atoms with Crippen LogP contribution in [0.3, 0.4) is 0 Å². The summed E-state index contributed by atoms with van der Waals surface area (Å²) in [4.78, 5) is 1.85. The third-order valence-electron chi connectivity index (χ3n) is 3.18. The van der Waals surface area contributed by atoms with Crippen LogP contribution >= 0.6 is 0 Å². The van der Waals surface area contributed by atoms with Crippen LogP contribution in [0.2, 0.25) is 0 Å². The van der Waals surface area contributed by atoms with Gasteiger partial charge in [0.15, 0.2) is 5.82 Å². The smallest absolute Gasteiger partial charge is 0.233 e. The zero-order chi connectivity index (χ0) is 14.8. The van der Waals surface area contributed by atoms with E-state index in [2.05, 4.69) is 10.2 Å². The molecule has 1 unspecified atom stereocenters. The number of rotatable bonds is 4. The molecule has 0 aromatic carbocycles. The molecule has 1 aromatic rings. The second kappa shape index (κ2) is 5.92. The summed E-state index contributed by atoms with van der Waals surface area (Å²) in [6, 6.07) is 3.57. The van der Waals surface area contributed by atoms with Crippen LogP contribution in [-0.2, 0) is 10.0 Å². The second-order valence-electron chi connectivity index (χ2n) is 5.13. The number of aromatic nitrogens is 2. The maximum Gasteiger partial charge on any atom is 0.233 e. The minimum atomic E-state index is -3.16. The van der Waals surface area contributed by atoms with E-state index in [1.807, 2.05) is 25.1 Å². The molecule has 1 aromatic heterocycles. The molecule has 112 valence electrons. The van der Waals surface area contributed by atoms with Gasteiger partial charge in [-0.3, -0.25) is 0 Å². The van der Waals surface area contributed by atoms with Gasteiger partial charge in [0.25, 0.3) is 0 Å². The topological polar surface area (TPSA) is 75.6 Å². The van der Waals surface area contributed by atoms with E-state index in [0.717, 1.165) is 18.7 Å². The van der Waals surface area contributed by atoms with Crippen molar-refractivity contribution in [1.29, 1.82) is 0 Å². The summed E-state index contributed by atoms with van der Waals surface area (Å²) in [6.45, 7) is 0.930. The lowest BCUT2D eigenvalue weighted by Gasteiger charge is -2.30. The number of ether oxygens (including phenoxy) is 1. The first-order chi connectivity index (χ1) is 9.36. The Morgan fingerprint density at radius 3 is 2.65 bits per heavy atom. The van der Waals surface area contributed by atoms with E-state index in [-0.39, 0.29) is 6.10 Å². The van der Waals surface area contributed by atoms with Crippen molar-refractivity contribution in [2.45, 2.75) is 18.9 Å². The standard InChI is InChI=1S/C12H20N4O3S/c1-15(2)11-6-7-12(14-13-11)19-10-5-4-8-16(9-10)20(3,17)18/h6-7,10H,4-5,8-9H2,1-3H3. The Hall–Kier alpha value is -1.41. The van der Waals surface area contributed by atoms with Gasteiger partial charge in [0.05, 0.1) is 12.8 Å². The molecule has 0 amide bonds. The first kappa shape index (κ1) is 15.0. The molecule has 1 aliphatic rings. The van der Waals surface area contributed by atoms with Crippen LogP contribution in [0.15, 0.2) is 12.1 Å². The molecule has 0 N–H and O–H groups in total. The number of anilines is 1. The number of hydrogen-bond acceptors (Lipinski definition) is 6. The number of nitrogens with zero attached hydrogens (tertiary/aromatic N) is 4. The third kappa shape index (κ3) is 3.80. The molecule has 7 nitrogen and oxygen atoms in total. The minimum Gasteiger partial charge on any atom is -0.472 e. The third-order valence-corrected chi connectivity index (χ3v) is 4.45. The van der Waals surface area contributed by atoms with E-state index >= 15 is 0 Å². The SMILES string of the molecule is CN(C)c1ccc(OC2CCCN(S(C)(=O)=O)C2)nn1. The van der Waals surface area contributed by atoms with Crippen molar-refractivity contribution >= 4 is 15.8 Å². The molecule has 0 bridgehead atoms. The predicted octanol–water partition coefficient (Wildman–Crippen LogP) is 0.345. The molecular weight excluding hydrogens is 280 g/mol. The van der Waals surface area contributed by atoms with Gasteiger partial charge in [0.2, 0.25) is 15.9 Å². The molecule has 20 heavy (non-hydrogen) atoms. The summed E-state index contributed by atoms with van der Waals surface area (Å²) in [6.07, 6.45) is 2.67. The quantitative estimate of drug-likeness (QED) is 0.798. The fourth-order valence-corrected chi connectivity index (χ4v) is 2.99. The Balaban J connectivity index is 1.99. The lowest BCUT2D eigenvalue weighted by atomic mass is 10.1. The summed E-state index contributed by atoms with van der Waals surface area (Å²) < 4.78 is 30.2. The predicted molar refractivity (Wildman–Crippen MR) is 76.4 cm³/mol. The Bertz CT molecular complexity index is 544. The Morgan fingerprint density at radius 1 is 1.35 bits per heavy atom. The summed E-state index contributed by atoms with van der Waals surface area (Å²) in [7, 11) is 0.611. The van der Waals surface area contributed by atoms with Crippen LogP contribution in [0, 0.1) is 0 Å². The van der Waals surface area contributed by atoms with Crippen LogP contribution in [0.25, 0.3) is 0 Å². The number of piperidine rings is 1. The summed E-state index contributed by atoms with van der Waals surface area (Å²) in [5.74, 6) is 1.18. The largest absolute Gasteiger partial charge is 0.472 e. The van der Waals surface area contributed by atoms with Crippen LogP contribution in [0.1, 0.15) is 12.8 Å². The summed E-state index contributed by atoms with van der Waals surface area (Å²) in [5.41, 5.74) is 0. The van der Waals surface area contributed by atoms with Gasteiger partial charge in [-0.2, -0.15) is 4.31 Å². The molecule has 0 aliphatic carbocycles. The second-order valence-corrected chi connectivity index (χ2v) is 7.11. The van der Waals surface area contributed by atoms with Crippen molar-refractivity contribution in [3.05, 3.63) is 12.1 Å². The first-order valence-electron chi connectivity index (χ1n) is 6.49. The number of hydrogen-bond donors (Lipinski definition) is 0. The van der Waals surface area contributed by atoms with Gasteiger partial charge < -0.3 is 9.64 Å². The van der Waals surface area contributed by atoms with E-state index < -0.39 is 10.0 Å². The minimum absolute atomic E-state index is 0.169. The van der Waals surface area contributed by atoms with Gasteiger partial charge in [-0.25, -0.2) is 8.42 Å². The molecular formula is C12H20N4O3S. The highest BCUT2D eigenvalue weighted by molar-refractivity contribution is 7.88. The highest BCUT2D eigenvalue weighted by Crippen LogP contribution is 2.19. The van der Waals surface area contributed by atoms with Crippen molar-refractivity contribution in [2.75, 3.05) is 38.3 Å². The van der Waals surface area contributed by atoms with E-state index in [1.54, 1.807) is 6.07 Å². The average molecular weight is 300 g/mol. The van der Waals surface area contributed by atoms with Crippen molar-refractivity contribution in [3.63, 3.8) is 0 Å². The number of sulfonamides is 1. The van der Waals surface area contributed by atoms with Gasteiger partial charge in [-0.05, 0) is 18.9 Å². The van der Waals surface area contributed by atoms with Gasteiger partial charge in [-0.15, -0.1) is 10.2 Å². The Labute approximate surface area is 119 Å². The maximum absolute atomic E-state index is 11.5. The molecule has 1 atom stereocenters. The maximum atomic E-state index is 11.5. The van der Waals surface area contributed by atoms with E-state index in [1.165, 1.54) is 10.6 Å². The molecule has 2 heterocycles. The molecule has 8 heteroatoms. The van der Waals surface area contributed by atoms with Crippen molar-refractivity contribution < 1.29 is 13.2 Å². The lowest BCUT2D eigenvalue weighted by Crippen LogP contribution is -2.43. The lowest BCUT2D eigenvalue weighted by molar-refractivity contribution is 0.124. The van der Waals surface area contributed by atoms with E-state index in [9.17, 15) is 8.42 Å². The van der Waals surface area contributed by atoms with Crippen LogP contribution < -0.4 is 9.64 Å². The summed E-state index contributed by atoms with van der Waals surface area (Å²) >= 11 is 0. The molecule has 2 rings (SSSR count). The van der Waals surface area contributed by atoms with Crippen LogP contribution in [0.5, 0.6) is 5.88 Å². The van der Waals surface area contributed by atoms with Crippen molar-refractivity contribution in [2.24, 2.45) is 0 Å². The zero-order valence-corrected chi connectivity index (χ0v) is 12.8. The fourth-order valence-electron chi connectivity index (χ4n) is 2.09. The average Bonchev–Trinajstić information content (AvgIpc) is 2.38. The summed E-state index contributed by atoms with van der Waals surface area (Å²) in [5, 5.41) is 8.03. The van der Waals surface area contributed by atoms with Gasteiger partial charge in [0, 0.05) is 26.7 Å². The first-order valence-corrected chi connectivity index (χ1v) is 8.34. The normalized spacial score (nSPS) is 20.6. The van der Waals surface area contributed by atoms with E-state index in [4.69, 9.17) is 4.74 Å². The van der Waals surface area contributed by atoms with E-state index in [0.29, 0.717) is 19.0 Å². The van der Waals surface area contributed by atoms with Crippen LogP contribution in [0.4, 0.5) is 5.82 Å². The molecule has 0 radical (unpaired) electrons. The fraction of sp³-hybridized carbons (Fsp3) is 0.667. The van der Waals surface area contributed by atoms with Gasteiger partial charge in [0.1, 0.15) is 6.10 Å². The van der Waals surface area contributed by atoms with Gasteiger partial charge >= 0.3 is 0 Å². The van der Waals surface area contributed by atoms with Crippen molar-refractivity contribution in [1.82, 2.24) is 14.5 Å². The van der Waals surface area contributed by atoms with Crippen molar-refractivity contribution in [3.8, 4) is 5.88 Å². The highest BCUT2D eigenvalue weighted by Gasteiger charge is 2.27. The molecule has 1 aliphatic heterocycles. The highest BCUT2D eigenvalue weighted by atomic mass is 32.2. The Morgan fingerprint density at radius 2 is 2.10 bits per heavy atom. The Kier molecular flexibility index (Phi) is 4.44.